The molecule has 0 saturated heterocycles. The number of nitrogens with one attached hydrogen (secondary N) is 2. The van der Waals surface area contributed by atoms with E-state index in [-0.39, 0.29) is 5.82 Å². The van der Waals surface area contributed by atoms with Crippen molar-refractivity contribution in [3.63, 3.8) is 0 Å². The average molecular weight is 723 g/mol. The summed E-state index contributed by atoms with van der Waals surface area (Å²) < 4.78 is 18.2. The van der Waals surface area contributed by atoms with Crippen LogP contribution in [0.15, 0.2) is 200 Å². The number of hydrogen-bond donors (Lipinski definition) is 2. The third-order valence-corrected chi connectivity index (χ3v) is 10.7. The van der Waals surface area contributed by atoms with Crippen molar-refractivity contribution in [1.29, 1.82) is 5.41 Å². The molecule has 0 atom stereocenters. The number of nitrogens with zero attached hydrogens (tertiary/aromatic N) is 2. The minimum atomic E-state index is -0.248. The molecule has 0 spiro atoms. The van der Waals surface area contributed by atoms with Crippen molar-refractivity contribution >= 4 is 49.3 Å². The maximum absolute atomic E-state index is 13.8. The van der Waals surface area contributed by atoms with Gasteiger partial charge in [0, 0.05) is 39.0 Å². The lowest BCUT2D eigenvalue weighted by atomic mass is 9.98. The fourth-order valence-corrected chi connectivity index (χ4v) is 7.98. The van der Waals surface area contributed by atoms with Crippen LogP contribution in [0.2, 0.25) is 0 Å². The predicted molar refractivity (Wildman–Crippen MR) is 232 cm³/mol. The monoisotopic (exact) mass is 722 g/mol. The van der Waals surface area contributed by atoms with E-state index in [4.69, 9.17) is 5.41 Å². The summed E-state index contributed by atoms with van der Waals surface area (Å²) >= 11 is 0. The minimum absolute atomic E-state index is 0.248. The van der Waals surface area contributed by atoms with Gasteiger partial charge in [-0.05, 0) is 106 Å². The van der Waals surface area contributed by atoms with E-state index in [1.165, 1.54) is 33.4 Å². The molecule has 8 aromatic carbocycles. The molecule has 0 fully saturated rings. The highest BCUT2D eigenvalue weighted by molar-refractivity contribution is 6.12. The highest BCUT2D eigenvalue weighted by Crippen LogP contribution is 2.37. The van der Waals surface area contributed by atoms with Crippen LogP contribution in [-0.4, -0.2) is 15.0 Å². The van der Waals surface area contributed by atoms with Crippen molar-refractivity contribution in [3.8, 4) is 39.1 Å². The van der Waals surface area contributed by atoms with Crippen molar-refractivity contribution in [3.05, 3.63) is 212 Å². The van der Waals surface area contributed by atoms with Gasteiger partial charge in [-0.2, -0.15) is 0 Å². The number of para-hydroxylation sites is 3. The fourth-order valence-electron chi connectivity index (χ4n) is 7.98. The first-order chi connectivity index (χ1) is 27.6. The van der Waals surface area contributed by atoms with Gasteiger partial charge >= 0.3 is 0 Å². The molecule has 0 aliphatic carbocycles. The van der Waals surface area contributed by atoms with E-state index in [2.05, 4.69) is 130 Å². The lowest BCUT2D eigenvalue weighted by Gasteiger charge is -2.09. The Labute approximate surface area is 323 Å². The van der Waals surface area contributed by atoms with Crippen LogP contribution < -0.4 is 5.43 Å². The minimum Gasteiger partial charge on any atom is -0.309 e. The number of hydrogen-bond acceptors (Lipinski definition) is 2. The molecule has 2 aromatic heterocycles. The van der Waals surface area contributed by atoms with E-state index in [0.717, 1.165) is 60.9 Å². The molecular formula is C51H35FN4. The maximum Gasteiger partial charge on any atom is 0.123 e. The standard InChI is InChI=1S/C51H35FN4/c52-41-13-9-11-37(31-41)35-22-20-34(21-23-35)36-10-8-12-40(30-36)47(53)28-29-54-56-50-19-7-5-17-44(50)46-33-39(25-27-51(46)56)38-24-26-49-45(32-38)43-16-4-6-18-48(43)55(49)42-14-2-1-3-15-42/h1-33,53-54H/b29-28-,53-47?. The molecule has 0 saturated carbocycles. The number of benzene rings is 8. The summed E-state index contributed by atoms with van der Waals surface area (Å²) in [6, 6.07) is 63.8. The molecule has 0 aliphatic rings. The molecule has 4 nitrogen and oxygen atoms in total. The van der Waals surface area contributed by atoms with Gasteiger partial charge in [0.05, 0.1) is 27.8 Å². The van der Waals surface area contributed by atoms with Crippen LogP contribution in [0.4, 0.5) is 4.39 Å². The van der Waals surface area contributed by atoms with Crippen LogP contribution in [0.1, 0.15) is 5.56 Å². The second kappa shape index (κ2) is 13.7. The van der Waals surface area contributed by atoms with Gasteiger partial charge in [-0.15, -0.1) is 0 Å². The third-order valence-electron chi connectivity index (χ3n) is 10.7. The van der Waals surface area contributed by atoms with E-state index >= 15 is 0 Å². The Morgan fingerprint density at radius 2 is 0.964 bits per heavy atom. The summed E-state index contributed by atoms with van der Waals surface area (Å²) in [6.45, 7) is 0. The van der Waals surface area contributed by atoms with Crippen molar-refractivity contribution in [1.82, 2.24) is 9.24 Å². The van der Waals surface area contributed by atoms with Crippen molar-refractivity contribution in [2.24, 2.45) is 0 Å². The Morgan fingerprint density at radius 1 is 0.446 bits per heavy atom. The summed E-state index contributed by atoms with van der Waals surface area (Å²) in [5.41, 5.74) is 16.5. The Bertz CT molecular complexity index is 3130. The smallest absolute Gasteiger partial charge is 0.123 e. The predicted octanol–water partition coefficient (Wildman–Crippen LogP) is 13.2. The number of fused-ring (bicyclic) bond motifs is 6. The van der Waals surface area contributed by atoms with Gasteiger partial charge in [-0.25, -0.2) is 4.39 Å². The Balaban J connectivity index is 0.938. The SMILES string of the molecule is N=C(/C=C\Nn1c2ccccc2c2cc(-c3ccc4c(c3)c3ccccc3n4-c3ccccc3)ccc21)c1cccc(-c2ccc(-c3cccc(F)c3)cc2)c1. The van der Waals surface area contributed by atoms with Gasteiger partial charge in [0.25, 0.3) is 0 Å². The normalized spacial score (nSPS) is 11.7. The zero-order valence-electron chi connectivity index (χ0n) is 30.3. The first kappa shape index (κ1) is 33.1. The number of halogens is 1. The summed E-state index contributed by atoms with van der Waals surface area (Å²) in [5, 5.41) is 13.7. The van der Waals surface area contributed by atoms with Crippen molar-refractivity contribution < 1.29 is 4.39 Å². The lowest BCUT2D eigenvalue weighted by molar-refractivity contribution is 0.628. The Kier molecular flexibility index (Phi) is 8.11. The fraction of sp³-hybridized carbons (Fsp3) is 0. The van der Waals surface area contributed by atoms with Crippen LogP contribution in [0.25, 0.3) is 82.7 Å². The van der Waals surface area contributed by atoms with Crippen LogP contribution in [0, 0.1) is 11.2 Å². The number of allylic oxidation sites excluding steroid dienone is 1. The molecule has 56 heavy (non-hydrogen) atoms. The van der Waals surface area contributed by atoms with Gasteiger partial charge in [0.2, 0.25) is 0 Å². The molecule has 2 heterocycles. The van der Waals surface area contributed by atoms with Gasteiger partial charge in [0.15, 0.2) is 0 Å². The van der Waals surface area contributed by atoms with Gasteiger partial charge in [-0.1, -0.05) is 121 Å². The molecule has 266 valence electrons. The molecule has 10 rings (SSSR count). The van der Waals surface area contributed by atoms with E-state index in [1.807, 2.05) is 60.8 Å². The van der Waals surface area contributed by atoms with Crippen LogP contribution in [0.3, 0.4) is 0 Å². The maximum atomic E-state index is 13.8. The molecule has 0 aliphatic heterocycles. The van der Waals surface area contributed by atoms with Gasteiger partial charge in [0.1, 0.15) is 5.82 Å². The van der Waals surface area contributed by atoms with E-state index in [1.54, 1.807) is 18.2 Å². The molecule has 0 unspecified atom stereocenters. The lowest BCUT2D eigenvalue weighted by Crippen LogP contribution is -2.08. The summed E-state index contributed by atoms with van der Waals surface area (Å²) in [6.07, 6.45) is 3.63. The number of rotatable bonds is 8. The second-order valence-electron chi connectivity index (χ2n) is 14.0. The highest BCUT2D eigenvalue weighted by Gasteiger charge is 2.15. The topological polar surface area (TPSA) is 45.7 Å². The van der Waals surface area contributed by atoms with Crippen molar-refractivity contribution in [2.45, 2.75) is 0 Å². The zero-order chi connectivity index (χ0) is 37.6. The summed E-state index contributed by atoms with van der Waals surface area (Å²) in [4.78, 5) is 0. The quantitative estimate of drug-likeness (QED) is 0.151. The molecule has 0 bridgehead atoms. The highest BCUT2D eigenvalue weighted by atomic mass is 19.1. The van der Waals surface area contributed by atoms with Crippen LogP contribution in [-0.2, 0) is 0 Å². The van der Waals surface area contributed by atoms with Crippen molar-refractivity contribution in [2.75, 3.05) is 5.43 Å². The zero-order valence-corrected chi connectivity index (χ0v) is 30.3. The first-order valence-electron chi connectivity index (χ1n) is 18.7. The van der Waals surface area contributed by atoms with E-state index in [9.17, 15) is 4.39 Å². The van der Waals surface area contributed by atoms with Crippen LogP contribution >= 0.6 is 0 Å². The number of aromatic nitrogens is 2. The largest absolute Gasteiger partial charge is 0.309 e. The van der Waals surface area contributed by atoms with Gasteiger partial charge < -0.3 is 15.4 Å². The summed E-state index contributed by atoms with van der Waals surface area (Å²) in [5.74, 6) is -0.248. The molecular weight excluding hydrogens is 688 g/mol. The molecule has 10 aromatic rings. The van der Waals surface area contributed by atoms with Gasteiger partial charge in [-0.3, -0.25) is 4.68 Å². The van der Waals surface area contributed by atoms with E-state index in [0.29, 0.717) is 5.71 Å². The first-order valence-corrected chi connectivity index (χ1v) is 18.7. The molecule has 5 heteroatoms. The Morgan fingerprint density at radius 3 is 1.68 bits per heavy atom. The second-order valence-corrected chi connectivity index (χ2v) is 14.0. The molecule has 0 radical (unpaired) electrons. The van der Waals surface area contributed by atoms with Crippen LogP contribution in [0.5, 0.6) is 0 Å². The Hall–Kier alpha value is -7.50. The average Bonchev–Trinajstić information content (AvgIpc) is 3.76. The third kappa shape index (κ3) is 5.83. The molecule has 0 amide bonds. The molecule has 2 N–H and O–H groups in total. The van der Waals surface area contributed by atoms with E-state index < -0.39 is 0 Å². The summed E-state index contributed by atoms with van der Waals surface area (Å²) in [7, 11) is 0.